The summed E-state index contributed by atoms with van der Waals surface area (Å²) in [5.74, 6) is -2.03. The second-order valence-electron chi connectivity index (χ2n) is 6.55. The van der Waals surface area contributed by atoms with Gasteiger partial charge in [-0.1, -0.05) is 24.5 Å². The van der Waals surface area contributed by atoms with E-state index in [4.69, 9.17) is 9.15 Å². The number of nitrogens with one attached hydrogen (secondary N) is 2. The van der Waals surface area contributed by atoms with Gasteiger partial charge in [0.2, 0.25) is 5.76 Å². The number of imide groups is 1. The second-order valence-corrected chi connectivity index (χ2v) is 6.55. The molecule has 1 fully saturated rings. The van der Waals surface area contributed by atoms with Crippen molar-refractivity contribution >= 4 is 28.9 Å². The maximum atomic E-state index is 12.1. The predicted octanol–water partition coefficient (Wildman–Crippen LogP) is 2.03. The average molecular weight is 372 g/mol. The Morgan fingerprint density at radius 1 is 1.19 bits per heavy atom. The summed E-state index contributed by atoms with van der Waals surface area (Å²) in [5.41, 5.74) is 0.755. The molecule has 8 heteroatoms. The topological polar surface area (TPSA) is 115 Å². The van der Waals surface area contributed by atoms with Crippen LogP contribution in [0.4, 0.5) is 4.79 Å². The van der Waals surface area contributed by atoms with Crippen LogP contribution in [-0.2, 0) is 9.53 Å². The molecule has 1 saturated carbocycles. The Bertz CT molecular complexity index is 943. The van der Waals surface area contributed by atoms with Crippen LogP contribution >= 0.6 is 0 Å². The highest BCUT2D eigenvalue weighted by molar-refractivity contribution is 5.96. The number of amides is 3. The van der Waals surface area contributed by atoms with Crippen molar-refractivity contribution in [3.8, 4) is 0 Å². The third-order valence-corrected chi connectivity index (χ3v) is 4.36. The van der Waals surface area contributed by atoms with Crippen molar-refractivity contribution in [2.75, 3.05) is 6.61 Å². The average Bonchev–Trinajstić information content (AvgIpc) is 3.12. The molecule has 1 aliphatic rings. The van der Waals surface area contributed by atoms with E-state index in [1.807, 2.05) is 6.92 Å². The lowest BCUT2D eigenvalue weighted by molar-refractivity contribution is -0.123. The Morgan fingerprint density at radius 2 is 1.93 bits per heavy atom. The van der Waals surface area contributed by atoms with E-state index in [9.17, 15) is 19.2 Å². The largest absolute Gasteiger partial charge is 0.450 e. The Hall–Kier alpha value is -3.16. The number of ether oxygens (including phenoxy) is 1. The van der Waals surface area contributed by atoms with Gasteiger partial charge in [0.15, 0.2) is 12.0 Å². The lowest BCUT2D eigenvalue weighted by Crippen LogP contribution is -2.45. The fourth-order valence-electron chi connectivity index (χ4n) is 3.03. The lowest BCUT2D eigenvalue weighted by Gasteiger charge is -2.12. The molecular weight excluding hydrogens is 352 g/mol. The molecule has 0 spiro atoms. The normalized spacial score (nSPS) is 14.1. The van der Waals surface area contributed by atoms with Crippen LogP contribution in [0.25, 0.3) is 11.0 Å². The lowest BCUT2D eigenvalue weighted by atomic mass is 10.1. The molecule has 1 heterocycles. The van der Waals surface area contributed by atoms with Gasteiger partial charge in [-0.15, -0.1) is 0 Å². The summed E-state index contributed by atoms with van der Waals surface area (Å²) in [4.78, 5) is 47.6. The standard InChI is InChI=1S/C19H20N2O6/c1-11-6-7-15-13(8-11)14(22)9-16(27-15)18(24)26-10-17(23)21-19(25)20-12-4-2-3-5-12/h6-9,12H,2-5,10H2,1H3,(H2,20,21,23,25). The summed E-state index contributed by atoms with van der Waals surface area (Å²) >= 11 is 0. The number of hydrogen-bond donors (Lipinski definition) is 2. The first kappa shape index (κ1) is 18.6. The summed E-state index contributed by atoms with van der Waals surface area (Å²) in [6.45, 7) is 1.18. The number of esters is 1. The van der Waals surface area contributed by atoms with Gasteiger partial charge in [-0.2, -0.15) is 0 Å². The first-order chi connectivity index (χ1) is 12.9. The number of carbonyl (C=O) groups excluding carboxylic acids is 3. The summed E-state index contributed by atoms with van der Waals surface area (Å²) < 4.78 is 10.2. The molecule has 142 valence electrons. The molecule has 0 saturated heterocycles. The van der Waals surface area contributed by atoms with Gasteiger partial charge < -0.3 is 14.5 Å². The van der Waals surface area contributed by atoms with Gasteiger partial charge in [-0.25, -0.2) is 9.59 Å². The maximum absolute atomic E-state index is 12.1. The molecule has 0 atom stereocenters. The first-order valence-electron chi connectivity index (χ1n) is 8.74. The van der Waals surface area contributed by atoms with Gasteiger partial charge in [0.05, 0.1) is 5.39 Å². The van der Waals surface area contributed by atoms with Crippen LogP contribution in [-0.4, -0.2) is 30.6 Å². The third kappa shape index (κ3) is 4.72. The number of fused-ring (bicyclic) bond motifs is 1. The highest BCUT2D eigenvalue weighted by atomic mass is 16.5. The van der Waals surface area contributed by atoms with Crippen molar-refractivity contribution < 1.29 is 23.5 Å². The van der Waals surface area contributed by atoms with Crippen molar-refractivity contribution in [3.05, 3.63) is 45.8 Å². The predicted molar refractivity (Wildman–Crippen MR) is 96.4 cm³/mol. The van der Waals surface area contributed by atoms with E-state index >= 15 is 0 Å². The molecule has 2 aromatic rings. The zero-order chi connectivity index (χ0) is 19.4. The molecule has 1 aromatic heterocycles. The molecule has 1 aromatic carbocycles. The van der Waals surface area contributed by atoms with Gasteiger partial charge >= 0.3 is 12.0 Å². The minimum atomic E-state index is -0.957. The Kier molecular flexibility index (Phi) is 5.54. The highest BCUT2D eigenvalue weighted by Gasteiger charge is 2.19. The molecule has 1 aliphatic carbocycles. The molecule has 0 unspecified atom stereocenters. The van der Waals surface area contributed by atoms with Crippen molar-refractivity contribution in [3.63, 3.8) is 0 Å². The van der Waals surface area contributed by atoms with Crippen LogP contribution < -0.4 is 16.1 Å². The van der Waals surface area contributed by atoms with Crippen molar-refractivity contribution in [1.82, 2.24) is 10.6 Å². The Balaban J connectivity index is 1.56. The Morgan fingerprint density at radius 3 is 2.67 bits per heavy atom. The van der Waals surface area contributed by atoms with Gasteiger partial charge in [0.1, 0.15) is 5.58 Å². The van der Waals surface area contributed by atoms with Crippen molar-refractivity contribution in [1.29, 1.82) is 0 Å². The monoisotopic (exact) mass is 372 g/mol. The number of rotatable bonds is 4. The zero-order valence-corrected chi connectivity index (χ0v) is 14.9. The minimum absolute atomic E-state index is 0.0656. The number of hydrogen-bond acceptors (Lipinski definition) is 6. The molecule has 0 bridgehead atoms. The number of urea groups is 1. The van der Waals surface area contributed by atoms with Crippen LogP contribution in [0, 0.1) is 6.92 Å². The molecule has 0 radical (unpaired) electrons. The van der Waals surface area contributed by atoms with Crippen LogP contribution in [0.1, 0.15) is 41.8 Å². The molecule has 27 heavy (non-hydrogen) atoms. The van der Waals surface area contributed by atoms with E-state index < -0.39 is 24.5 Å². The highest BCUT2D eigenvalue weighted by Crippen LogP contribution is 2.17. The number of benzene rings is 1. The van der Waals surface area contributed by atoms with Crippen LogP contribution in [0.2, 0.25) is 0 Å². The van der Waals surface area contributed by atoms with Crippen LogP contribution in [0.5, 0.6) is 0 Å². The summed E-state index contributed by atoms with van der Waals surface area (Å²) in [6, 6.07) is 5.47. The second kappa shape index (κ2) is 8.03. The summed E-state index contributed by atoms with van der Waals surface area (Å²) in [6.07, 6.45) is 3.87. The first-order valence-corrected chi connectivity index (χ1v) is 8.74. The summed E-state index contributed by atoms with van der Waals surface area (Å²) in [5, 5.41) is 5.15. The number of aryl methyl sites for hydroxylation is 1. The molecule has 2 N–H and O–H groups in total. The van der Waals surface area contributed by atoms with Crippen molar-refractivity contribution in [2.24, 2.45) is 0 Å². The van der Waals surface area contributed by atoms with E-state index in [1.54, 1.807) is 18.2 Å². The zero-order valence-electron chi connectivity index (χ0n) is 14.9. The smallest absolute Gasteiger partial charge is 0.374 e. The van der Waals surface area contributed by atoms with Gasteiger partial charge in [-0.05, 0) is 31.9 Å². The quantitative estimate of drug-likeness (QED) is 0.794. The van der Waals surface area contributed by atoms with E-state index in [2.05, 4.69) is 10.6 Å². The van der Waals surface area contributed by atoms with Gasteiger partial charge in [0, 0.05) is 12.1 Å². The van der Waals surface area contributed by atoms with Crippen LogP contribution in [0.3, 0.4) is 0 Å². The number of carbonyl (C=O) groups is 3. The third-order valence-electron chi connectivity index (χ3n) is 4.36. The van der Waals surface area contributed by atoms with E-state index in [0.717, 1.165) is 37.3 Å². The fourth-order valence-corrected chi connectivity index (χ4v) is 3.03. The van der Waals surface area contributed by atoms with Gasteiger partial charge in [-0.3, -0.25) is 14.9 Å². The minimum Gasteiger partial charge on any atom is -0.450 e. The molecule has 3 amide bonds. The van der Waals surface area contributed by atoms with E-state index in [1.165, 1.54) is 0 Å². The molecule has 0 aliphatic heterocycles. The fraction of sp³-hybridized carbons (Fsp3) is 0.368. The summed E-state index contributed by atoms with van der Waals surface area (Å²) in [7, 11) is 0. The van der Waals surface area contributed by atoms with E-state index in [0.29, 0.717) is 5.39 Å². The van der Waals surface area contributed by atoms with E-state index in [-0.39, 0.29) is 22.8 Å². The molecule has 3 rings (SSSR count). The SMILES string of the molecule is Cc1ccc2oc(C(=O)OCC(=O)NC(=O)NC3CCCC3)cc(=O)c2c1. The van der Waals surface area contributed by atoms with Crippen LogP contribution in [0.15, 0.2) is 33.5 Å². The maximum Gasteiger partial charge on any atom is 0.374 e. The van der Waals surface area contributed by atoms with Gasteiger partial charge in [0.25, 0.3) is 5.91 Å². The molecular formula is C19H20N2O6. The van der Waals surface area contributed by atoms with Crippen molar-refractivity contribution in [2.45, 2.75) is 38.6 Å². The molecule has 8 nitrogen and oxygen atoms in total. The Labute approximate surface area is 154 Å².